The smallest absolute Gasteiger partial charge is 0 e. The first kappa shape index (κ1) is 16.2. The van der Waals surface area contributed by atoms with Gasteiger partial charge in [0, 0.05) is 21.7 Å². The van der Waals surface area contributed by atoms with Gasteiger partial charge in [-0.1, -0.05) is 70.8 Å². The van der Waals surface area contributed by atoms with Gasteiger partial charge in [0.05, 0.1) is 0 Å². The van der Waals surface area contributed by atoms with Crippen LogP contribution in [0.5, 0.6) is 0 Å². The molecule has 0 radical (unpaired) electrons. The topological polar surface area (TPSA) is 0 Å². The van der Waals surface area contributed by atoms with Crippen LogP contribution >= 0.6 is 0 Å². The van der Waals surface area contributed by atoms with Gasteiger partial charge in [-0.3, -0.25) is 0 Å². The van der Waals surface area contributed by atoms with Gasteiger partial charge in [0.2, 0.25) is 0 Å². The third kappa shape index (κ3) is 7.15. The maximum absolute atomic E-state index is 2.12. The number of benzene rings is 2. The Kier molecular flexibility index (Phi) is 7.86. The molecule has 0 saturated heterocycles. The Morgan fingerprint density at radius 2 is 0.529 bits per heavy atom. The van der Waals surface area contributed by atoms with E-state index in [9.17, 15) is 0 Å². The summed E-state index contributed by atoms with van der Waals surface area (Å²) in [6.45, 7) is 8.39. The van der Waals surface area contributed by atoms with Crippen LogP contribution in [-0.2, 0) is 21.7 Å². The van der Waals surface area contributed by atoms with Crippen LogP contribution in [0.1, 0.15) is 22.3 Å². The Labute approximate surface area is 120 Å². The number of rotatable bonds is 0. The molecular formula is C16H20Ti. The predicted molar refractivity (Wildman–Crippen MR) is 71.8 cm³/mol. The molecule has 0 bridgehead atoms. The van der Waals surface area contributed by atoms with Gasteiger partial charge in [-0.15, -0.1) is 0 Å². The molecule has 2 aromatic rings. The molecule has 2 aromatic carbocycles. The molecule has 0 fully saturated rings. The summed E-state index contributed by atoms with van der Waals surface area (Å²) >= 11 is 0. The molecule has 0 spiro atoms. The Morgan fingerprint density at radius 3 is 0.647 bits per heavy atom. The van der Waals surface area contributed by atoms with E-state index in [0.717, 1.165) is 0 Å². The summed E-state index contributed by atoms with van der Waals surface area (Å²) in [4.78, 5) is 0. The number of hydrogen-bond acceptors (Lipinski definition) is 0. The second-order valence-corrected chi connectivity index (χ2v) is 4.31. The molecule has 88 valence electrons. The molecule has 0 heterocycles. The first-order chi connectivity index (χ1) is 7.58. The summed E-state index contributed by atoms with van der Waals surface area (Å²) in [5.41, 5.74) is 5.32. The molecule has 0 aliphatic carbocycles. The van der Waals surface area contributed by atoms with Gasteiger partial charge in [-0.2, -0.15) is 0 Å². The van der Waals surface area contributed by atoms with Crippen LogP contribution < -0.4 is 0 Å². The zero-order valence-corrected chi connectivity index (χ0v) is 12.7. The standard InChI is InChI=1S/2C8H10.Ti/c2*1-7-3-5-8(2)6-4-7;/h2*3-6H,1-2H3;. The van der Waals surface area contributed by atoms with Crippen molar-refractivity contribution in [2.45, 2.75) is 27.7 Å². The predicted octanol–water partition coefficient (Wildman–Crippen LogP) is 4.60. The maximum Gasteiger partial charge on any atom is 0 e. The van der Waals surface area contributed by atoms with Gasteiger partial charge in [0.25, 0.3) is 0 Å². The first-order valence-electron chi connectivity index (χ1n) is 5.64. The third-order valence-electron chi connectivity index (χ3n) is 2.44. The van der Waals surface area contributed by atoms with Gasteiger partial charge in [0.1, 0.15) is 0 Å². The average Bonchev–Trinajstić information content (AvgIpc) is 2.28. The van der Waals surface area contributed by atoms with Crippen LogP contribution in [-0.4, -0.2) is 0 Å². The van der Waals surface area contributed by atoms with E-state index in [4.69, 9.17) is 0 Å². The molecule has 0 atom stereocenters. The largest absolute Gasteiger partial charge is 0.0591 e. The summed E-state index contributed by atoms with van der Waals surface area (Å²) in [5, 5.41) is 0. The minimum Gasteiger partial charge on any atom is -0.0591 e. The van der Waals surface area contributed by atoms with E-state index in [1.807, 2.05) is 0 Å². The summed E-state index contributed by atoms with van der Waals surface area (Å²) in [5.74, 6) is 0. The van der Waals surface area contributed by atoms with Gasteiger partial charge in [0.15, 0.2) is 0 Å². The van der Waals surface area contributed by atoms with Crippen molar-refractivity contribution in [3.8, 4) is 0 Å². The summed E-state index contributed by atoms with van der Waals surface area (Å²) in [7, 11) is 0. The van der Waals surface area contributed by atoms with E-state index in [0.29, 0.717) is 0 Å². The van der Waals surface area contributed by atoms with Crippen LogP contribution in [0.2, 0.25) is 0 Å². The molecule has 0 saturated carbocycles. The van der Waals surface area contributed by atoms with E-state index in [-0.39, 0.29) is 21.7 Å². The average molecular weight is 260 g/mol. The van der Waals surface area contributed by atoms with Crippen LogP contribution in [0.25, 0.3) is 0 Å². The van der Waals surface area contributed by atoms with Crippen molar-refractivity contribution in [3.05, 3.63) is 70.8 Å². The molecule has 1 heteroatoms. The molecule has 0 nitrogen and oxygen atoms in total. The normalized spacial score (nSPS) is 8.71. The van der Waals surface area contributed by atoms with Gasteiger partial charge in [-0.05, 0) is 27.7 Å². The van der Waals surface area contributed by atoms with Crippen molar-refractivity contribution in [2.24, 2.45) is 0 Å². The zero-order valence-electron chi connectivity index (χ0n) is 11.1. The van der Waals surface area contributed by atoms with Gasteiger partial charge >= 0.3 is 0 Å². The molecule has 0 unspecified atom stereocenters. The quantitative estimate of drug-likeness (QED) is 0.607. The van der Waals surface area contributed by atoms with Crippen molar-refractivity contribution in [2.75, 3.05) is 0 Å². The van der Waals surface area contributed by atoms with Crippen molar-refractivity contribution >= 4 is 0 Å². The third-order valence-corrected chi connectivity index (χ3v) is 2.44. The van der Waals surface area contributed by atoms with E-state index in [1.165, 1.54) is 22.3 Å². The maximum atomic E-state index is 2.12. The summed E-state index contributed by atoms with van der Waals surface area (Å²) < 4.78 is 0. The SMILES string of the molecule is Cc1ccc(C)cc1.Cc1ccc(C)cc1.[Ti]. The van der Waals surface area contributed by atoms with Crippen LogP contribution in [0.3, 0.4) is 0 Å². The molecule has 0 aromatic heterocycles. The number of aryl methyl sites for hydroxylation is 4. The van der Waals surface area contributed by atoms with E-state index in [1.54, 1.807) is 0 Å². The van der Waals surface area contributed by atoms with Crippen molar-refractivity contribution in [1.82, 2.24) is 0 Å². The molecule has 0 aliphatic rings. The molecule has 2 rings (SSSR count). The van der Waals surface area contributed by atoms with Crippen molar-refractivity contribution < 1.29 is 21.7 Å². The Balaban J connectivity index is 0.000000284. The minimum absolute atomic E-state index is 0. The van der Waals surface area contributed by atoms with Crippen LogP contribution in [0, 0.1) is 27.7 Å². The summed E-state index contributed by atoms with van der Waals surface area (Å²) in [6, 6.07) is 17.0. The molecule has 0 amide bonds. The molecule has 17 heavy (non-hydrogen) atoms. The Hall–Kier alpha value is -0.846. The fourth-order valence-corrected chi connectivity index (χ4v) is 1.27. The fourth-order valence-electron chi connectivity index (χ4n) is 1.27. The van der Waals surface area contributed by atoms with E-state index < -0.39 is 0 Å². The van der Waals surface area contributed by atoms with Crippen LogP contribution in [0.4, 0.5) is 0 Å². The van der Waals surface area contributed by atoms with Crippen molar-refractivity contribution in [3.63, 3.8) is 0 Å². The minimum atomic E-state index is 0. The van der Waals surface area contributed by atoms with E-state index in [2.05, 4.69) is 76.2 Å². The Bertz CT molecular complexity index is 327. The number of hydrogen-bond donors (Lipinski definition) is 0. The fraction of sp³-hybridized carbons (Fsp3) is 0.250. The van der Waals surface area contributed by atoms with Crippen molar-refractivity contribution in [1.29, 1.82) is 0 Å². The second-order valence-electron chi connectivity index (χ2n) is 4.31. The molecular weight excluding hydrogens is 240 g/mol. The van der Waals surface area contributed by atoms with Crippen LogP contribution in [0.15, 0.2) is 48.5 Å². The zero-order chi connectivity index (χ0) is 12.0. The monoisotopic (exact) mass is 260 g/mol. The summed E-state index contributed by atoms with van der Waals surface area (Å²) in [6.07, 6.45) is 0. The first-order valence-corrected chi connectivity index (χ1v) is 5.64. The molecule has 0 aliphatic heterocycles. The van der Waals surface area contributed by atoms with Gasteiger partial charge in [-0.25, -0.2) is 0 Å². The second kappa shape index (κ2) is 8.28. The van der Waals surface area contributed by atoms with Gasteiger partial charge < -0.3 is 0 Å². The Morgan fingerprint density at radius 1 is 0.412 bits per heavy atom. The van der Waals surface area contributed by atoms with E-state index >= 15 is 0 Å². The molecule has 0 N–H and O–H groups in total.